The zero-order valence-corrected chi connectivity index (χ0v) is 8.87. The Kier molecular flexibility index (Phi) is 2.65. The van der Waals surface area contributed by atoms with Crippen LogP contribution in [0, 0.1) is 0 Å². The summed E-state index contributed by atoms with van der Waals surface area (Å²) in [5.41, 5.74) is 5.76. The molecule has 0 spiro atoms. The molecule has 0 saturated carbocycles. The number of aromatic nitrogens is 2. The van der Waals surface area contributed by atoms with Gasteiger partial charge in [-0.2, -0.15) is 0 Å². The van der Waals surface area contributed by atoms with Crippen molar-refractivity contribution in [1.29, 1.82) is 0 Å². The number of nitrogens with zero attached hydrogens (tertiary/aromatic N) is 2. The van der Waals surface area contributed by atoms with Crippen molar-refractivity contribution in [1.82, 2.24) is 9.55 Å². The van der Waals surface area contributed by atoms with E-state index >= 15 is 0 Å². The van der Waals surface area contributed by atoms with Crippen LogP contribution in [0.25, 0.3) is 10.7 Å². The Hall–Kier alpha value is -1.13. The Balaban J connectivity index is 2.30. The lowest BCUT2D eigenvalue weighted by molar-refractivity contribution is 0.594. The normalized spacial score (nSPS) is 13.0. The lowest BCUT2D eigenvalue weighted by Gasteiger charge is -2.08. The Morgan fingerprint density at radius 2 is 2.50 bits per heavy atom. The van der Waals surface area contributed by atoms with Crippen molar-refractivity contribution in [2.75, 3.05) is 0 Å². The molecule has 1 atom stereocenters. The van der Waals surface area contributed by atoms with Crippen molar-refractivity contribution in [2.24, 2.45) is 5.73 Å². The minimum atomic E-state index is 0.155. The lowest BCUT2D eigenvalue weighted by atomic mass is 10.3. The monoisotopic (exact) mass is 207 g/mol. The van der Waals surface area contributed by atoms with Gasteiger partial charge in [0, 0.05) is 25.0 Å². The molecule has 2 N–H and O–H groups in total. The van der Waals surface area contributed by atoms with E-state index in [0.29, 0.717) is 0 Å². The molecule has 1 unspecified atom stereocenters. The summed E-state index contributed by atoms with van der Waals surface area (Å²) in [6.07, 6.45) is 3.79. The first kappa shape index (κ1) is 9.43. The van der Waals surface area contributed by atoms with Crippen molar-refractivity contribution < 1.29 is 0 Å². The number of thiophene rings is 1. The summed E-state index contributed by atoms with van der Waals surface area (Å²) in [4.78, 5) is 5.52. The van der Waals surface area contributed by atoms with Crippen LogP contribution in [0.4, 0.5) is 0 Å². The third-order valence-electron chi connectivity index (χ3n) is 1.94. The minimum Gasteiger partial charge on any atom is -0.329 e. The van der Waals surface area contributed by atoms with Crippen LogP contribution < -0.4 is 5.73 Å². The highest BCUT2D eigenvalue weighted by atomic mass is 32.1. The predicted octanol–water partition coefficient (Wildman–Crippen LogP) is 1.96. The van der Waals surface area contributed by atoms with Crippen molar-refractivity contribution >= 4 is 11.3 Å². The summed E-state index contributed by atoms with van der Waals surface area (Å²) in [6, 6.07) is 4.26. The minimum absolute atomic E-state index is 0.155. The highest BCUT2D eigenvalue weighted by Gasteiger charge is 2.07. The Labute approximate surface area is 87.2 Å². The zero-order valence-electron chi connectivity index (χ0n) is 8.05. The fourth-order valence-corrected chi connectivity index (χ4v) is 2.13. The summed E-state index contributed by atoms with van der Waals surface area (Å²) in [5.74, 6) is 1.01. The van der Waals surface area contributed by atoms with Gasteiger partial charge in [-0.3, -0.25) is 0 Å². The molecule has 2 heterocycles. The molecule has 3 nitrogen and oxygen atoms in total. The first-order valence-electron chi connectivity index (χ1n) is 4.58. The molecule has 0 aromatic carbocycles. The van der Waals surface area contributed by atoms with E-state index in [2.05, 4.69) is 21.0 Å². The molecule has 0 bridgehead atoms. The molecular formula is C10H13N3S. The maximum atomic E-state index is 5.76. The second kappa shape index (κ2) is 3.94. The largest absolute Gasteiger partial charge is 0.329 e. The topological polar surface area (TPSA) is 43.8 Å². The SMILES string of the molecule is CC(N)Cn1ccnc1-c1cccs1. The van der Waals surface area contributed by atoms with Gasteiger partial charge in [0.05, 0.1) is 4.88 Å². The average Bonchev–Trinajstić information content (AvgIpc) is 2.70. The highest BCUT2D eigenvalue weighted by Crippen LogP contribution is 2.22. The molecule has 74 valence electrons. The zero-order chi connectivity index (χ0) is 9.97. The summed E-state index contributed by atoms with van der Waals surface area (Å²) in [6.45, 7) is 2.81. The maximum Gasteiger partial charge on any atom is 0.150 e. The first-order valence-corrected chi connectivity index (χ1v) is 5.46. The van der Waals surface area contributed by atoms with Gasteiger partial charge in [-0.05, 0) is 18.4 Å². The van der Waals surface area contributed by atoms with E-state index in [-0.39, 0.29) is 6.04 Å². The molecule has 2 rings (SSSR count). The summed E-state index contributed by atoms with van der Waals surface area (Å²) >= 11 is 1.70. The van der Waals surface area contributed by atoms with E-state index in [1.54, 1.807) is 11.3 Å². The van der Waals surface area contributed by atoms with Crippen LogP contribution in [0.1, 0.15) is 6.92 Å². The quantitative estimate of drug-likeness (QED) is 0.836. The van der Waals surface area contributed by atoms with Crippen LogP contribution >= 0.6 is 11.3 Å². The van der Waals surface area contributed by atoms with Crippen LogP contribution in [-0.2, 0) is 6.54 Å². The third-order valence-corrected chi connectivity index (χ3v) is 2.81. The fraction of sp³-hybridized carbons (Fsp3) is 0.300. The van der Waals surface area contributed by atoms with Crippen LogP contribution in [0.2, 0.25) is 0 Å². The van der Waals surface area contributed by atoms with E-state index in [4.69, 9.17) is 5.73 Å². The second-order valence-corrected chi connectivity index (χ2v) is 4.31. The van der Waals surface area contributed by atoms with E-state index in [1.165, 1.54) is 4.88 Å². The average molecular weight is 207 g/mol. The van der Waals surface area contributed by atoms with Gasteiger partial charge in [-0.15, -0.1) is 11.3 Å². The van der Waals surface area contributed by atoms with Crippen LogP contribution in [0.15, 0.2) is 29.9 Å². The van der Waals surface area contributed by atoms with Gasteiger partial charge in [0.25, 0.3) is 0 Å². The van der Waals surface area contributed by atoms with Gasteiger partial charge in [0.2, 0.25) is 0 Å². The van der Waals surface area contributed by atoms with Gasteiger partial charge in [0.15, 0.2) is 0 Å². The van der Waals surface area contributed by atoms with Crippen molar-refractivity contribution in [3.8, 4) is 10.7 Å². The number of hydrogen-bond donors (Lipinski definition) is 1. The van der Waals surface area contributed by atoms with Gasteiger partial charge >= 0.3 is 0 Å². The van der Waals surface area contributed by atoms with E-state index < -0.39 is 0 Å². The molecule has 0 fully saturated rings. The molecule has 4 heteroatoms. The maximum absolute atomic E-state index is 5.76. The molecule has 14 heavy (non-hydrogen) atoms. The number of rotatable bonds is 3. The van der Waals surface area contributed by atoms with Crippen molar-refractivity contribution in [3.63, 3.8) is 0 Å². The molecule has 0 amide bonds. The fourth-order valence-electron chi connectivity index (χ4n) is 1.40. The third kappa shape index (κ3) is 1.86. The van der Waals surface area contributed by atoms with Gasteiger partial charge in [-0.1, -0.05) is 6.07 Å². The Morgan fingerprint density at radius 1 is 1.64 bits per heavy atom. The smallest absolute Gasteiger partial charge is 0.150 e. The molecule has 0 aliphatic heterocycles. The van der Waals surface area contributed by atoms with Crippen molar-refractivity contribution in [2.45, 2.75) is 19.5 Å². The molecule has 0 aliphatic carbocycles. The standard InChI is InChI=1S/C10H13N3S/c1-8(11)7-13-5-4-12-10(13)9-3-2-6-14-9/h2-6,8H,7,11H2,1H3. The molecule has 2 aromatic heterocycles. The molecular weight excluding hydrogens is 194 g/mol. The molecule has 0 aliphatic rings. The number of hydrogen-bond acceptors (Lipinski definition) is 3. The first-order chi connectivity index (χ1) is 6.77. The van der Waals surface area contributed by atoms with Crippen LogP contribution in [-0.4, -0.2) is 15.6 Å². The van der Waals surface area contributed by atoms with E-state index in [9.17, 15) is 0 Å². The summed E-state index contributed by atoms with van der Waals surface area (Å²) in [5, 5.41) is 2.06. The highest BCUT2D eigenvalue weighted by molar-refractivity contribution is 7.13. The molecule has 2 aromatic rings. The Bertz CT molecular complexity index is 389. The summed E-state index contributed by atoms with van der Waals surface area (Å²) < 4.78 is 2.09. The van der Waals surface area contributed by atoms with E-state index in [1.807, 2.05) is 25.4 Å². The lowest BCUT2D eigenvalue weighted by Crippen LogP contribution is -2.22. The summed E-state index contributed by atoms with van der Waals surface area (Å²) in [7, 11) is 0. The number of nitrogens with two attached hydrogens (primary N) is 1. The van der Waals surface area contributed by atoms with Gasteiger partial charge in [0.1, 0.15) is 5.82 Å². The van der Waals surface area contributed by atoms with E-state index in [0.717, 1.165) is 12.4 Å². The van der Waals surface area contributed by atoms with Gasteiger partial charge in [-0.25, -0.2) is 4.98 Å². The number of imidazole rings is 1. The van der Waals surface area contributed by atoms with Gasteiger partial charge < -0.3 is 10.3 Å². The van der Waals surface area contributed by atoms with Crippen LogP contribution in [0.3, 0.4) is 0 Å². The molecule has 0 radical (unpaired) electrons. The molecule has 0 saturated heterocycles. The Morgan fingerprint density at radius 3 is 3.14 bits per heavy atom. The van der Waals surface area contributed by atoms with Crippen molar-refractivity contribution in [3.05, 3.63) is 29.9 Å². The second-order valence-electron chi connectivity index (χ2n) is 3.36. The van der Waals surface area contributed by atoms with Crippen LogP contribution in [0.5, 0.6) is 0 Å². The predicted molar refractivity (Wildman–Crippen MR) is 59.2 cm³/mol.